The zero-order valence-electron chi connectivity index (χ0n) is 13.6. The number of amides is 1. The molecule has 1 aromatic carbocycles. The third-order valence-electron chi connectivity index (χ3n) is 3.92. The van der Waals surface area contributed by atoms with Crippen molar-refractivity contribution in [3.63, 3.8) is 0 Å². The number of rotatable bonds is 7. The van der Waals surface area contributed by atoms with E-state index in [1.807, 2.05) is 4.90 Å². The van der Waals surface area contributed by atoms with Crippen LogP contribution >= 0.6 is 0 Å². The number of carbonyl (C=O) groups excluding carboxylic acids is 2. The van der Waals surface area contributed by atoms with Gasteiger partial charge in [-0.3, -0.25) is 24.6 Å². The van der Waals surface area contributed by atoms with Gasteiger partial charge in [-0.25, -0.2) is 0 Å². The Morgan fingerprint density at radius 2 is 2.04 bits per heavy atom. The van der Waals surface area contributed by atoms with Crippen LogP contribution in [-0.2, 0) is 14.3 Å². The number of nitro groups is 1. The maximum Gasteiger partial charge on any atom is 0.308 e. The van der Waals surface area contributed by atoms with Crippen molar-refractivity contribution in [2.75, 3.05) is 25.0 Å². The second kappa shape index (κ2) is 8.80. The molecule has 1 aliphatic rings. The zero-order valence-corrected chi connectivity index (χ0v) is 13.6. The second-order valence-electron chi connectivity index (χ2n) is 5.59. The molecule has 0 aromatic heterocycles. The number of ether oxygens (including phenoxy) is 1. The highest BCUT2D eigenvalue weighted by molar-refractivity contribution is 5.98. The Labute approximate surface area is 145 Å². The van der Waals surface area contributed by atoms with E-state index >= 15 is 0 Å². The van der Waals surface area contributed by atoms with E-state index in [4.69, 9.17) is 11.2 Å². The van der Waals surface area contributed by atoms with E-state index in [9.17, 15) is 19.7 Å². The molecule has 0 saturated carbocycles. The molecule has 1 saturated heterocycles. The monoisotopic (exact) mass is 345 g/mol. The Morgan fingerprint density at radius 1 is 1.36 bits per heavy atom. The van der Waals surface area contributed by atoms with E-state index in [1.165, 1.54) is 18.2 Å². The Kier molecular flexibility index (Phi) is 6.48. The molecule has 8 heteroatoms. The summed E-state index contributed by atoms with van der Waals surface area (Å²) in [6, 6.07) is 5.11. The summed E-state index contributed by atoms with van der Waals surface area (Å²) < 4.78 is 4.85. The summed E-state index contributed by atoms with van der Waals surface area (Å²) in [6.45, 7) is 1.20. The minimum atomic E-state index is -0.757. The van der Waals surface area contributed by atoms with Crippen LogP contribution < -0.4 is 5.32 Å². The normalized spacial score (nSPS) is 15.2. The molecule has 1 atom stereocenters. The van der Waals surface area contributed by atoms with Crippen molar-refractivity contribution >= 4 is 23.3 Å². The van der Waals surface area contributed by atoms with E-state index in [-0.39, 0.29) is 24.4 Å². The van der Waals surface area contributed by atoms with Crippen LogP contribution in [0.1, 0.15) is 19.3 Å². The smallest absolute Gasteiger partial charge is 0.308 e. The Hall–Kier alpha value is -2.92. The van der Waals surface area contributed by atoms with Crippen molar-refractivity contribution < 1.29 is 19.2 Å². The molecule has 1 aromatic rings. The number of benzene rings is 1. The predicted octanol–water partition coefficient (Wildman–Crippen LogP) is 1.56. The van der Waals surface area contributed by atoms with Crippen molar-refractivity contribution in [2.24, 2.45) is 0 Å². The van der Waals surface area contributed by atoms with Crippen molar-refractivity contribution in [3.8, 4) is 12.3 Å². The molecule has 1 N–H and O–H groups in total. The minimum absolute atomic E-state index is 0.0960. The topological polar surface area (TPSA) is 102 Å². The van der Waals surface area contributed by atoms with Gasteiger partial charge in [-0.2, -0.15) is 0 Å². The van der Waals surface area contributed by atoms with Crippen LogP contribution in [0.4, 0.5) is 11.4 Å². The second-order valence-corrected chi connectivity index (χ2v) is 5.59. The molecule has 25 heavy (non-hydrogen) atoms. The lowest BCUT2D eigenvalue weighted by molar-refractivity contribution is -0.383. The van der Waals surface area contributed by atoms with Crippen LogP contribution in [0, 0.1) is 22.5 Å². The fourth-order valence-electron chi connectivity index (χ4n) is 2.73. The van der Waals surface area contributed by atoms with Crippen LogP contribution in [-0.4, -0.2) is 47.4 Å². The van der Waals surface area contributed by atoms with Gasteiger partial charge in [0.15, 0.2) is 6.61 Å². The van der Waals surface area contributed by atoms with Gasteiger partial charge in [0, 0.05) is 6.07 Å². The maximum atomic E-state index is 12.7. The van der Waals surface area contributed by atoms with E-state index in [0.29, 0.717) is 13.1 Å². The first-order chi connectivity index (χ1) is 12.0. The van der Waals surface area contributed by atoms with E-state index in [0.717, 1.165) is 12.8 Å². The fraction of sp³-hybridized carbons (Fsp3) is 0.412. The molecule has 8 nitrogen and oxygen atoms in total. The van der Waals surface area contributed by atoms with Crippen LogP contribution in [0.5, 0.6) is 0 Å². The summed E-state index contributed by atoms with van der Waals surface area (Å²) in [6.07, 6.45) is 6.75. The molecule has 132 valence electrons. The fourth-order valence-corrected chi connectivity index (χ4v) is 2.73. The molecule has 0 spiro atoms. The number of hydrogen-bond donors (Lipinski definition) is 1. The number of nitrogens with zero attached hydrogens (tertiary/aromatic N) is 2. The van der Waals surface area contributed by atoms with Gasteiger partial charge >= 0.3 is 5.97 Å². The average Bonchev–Trinajstić information content (AvgIpc) is 3.12. The zero-order chi connectivity index (χ0) is 18.2. The summed E-state index contributed by atoms with van der Waals surface area (Å²) in [5, 5.41) is 13.6. The molecular weight excluding hydrogens is 326 g/mol. The van der Waals surface area contributed by atoms with E-state index in [1.54, 1.807) is 6.07 Å². The first kappa shape index (κ1) is 18.4. The molecule has 0 bridgehead atoms. The number of likely N-dealkylation sites (tertiary alicyclic amines) is 1. The number of para-hydroxylation sites is 2. The first-order valence-corrected chi connectivity index (χ1v) is 7.90. The molecule has 1 fully saturated rings. The number of terminal acetylenes is 1. The maximum absolute atomic E-state index is 12.7. The highest BCUT2D eigenvalue weighted by Gasteiger charge is 2.31. The van der Waals surface area contributed by atoms with Crippen molar-refractivity contribution in [2.45, 2.75) is 25.3 Å². The SMILES string of the molecule is C#CCOC(=O)C[C@H](C(=O)Nc1ccccc1[N+](=O)[O-])N1CCCC1. The summed E-state index contributed by atoms with van der Waals surface area (Å²) in [4.78, 5) is 36.9. The lowest BCUT2D eigenvalue weighted by Crippen LogP contribution is -2.44. The predicted molar refractivity (Wildman–Crippen MR) is 90.7 cm³/mol. The quantitative estimate of drug-likeness (QED) is 0.348. The third kappa shape index (κ3) is 5.02. The van der Waals surface area contributed by atoms with E-state index < -0.39 is 22.8 Å². The van der Waals surface area contributed by atoms with Gasteiger partial charge in [0.1, 0.15) is 11.7 Å². The number of anilines is 1. The summed E-state index contributed by atoms with van der Waals surface area (Å²) >= 11 is 0. The van der Waals surface area contributed by atoms with Crippen molar-refractivity contribution in [1.29, 1.82) is 0 Å². The van der Waals surface area contributed by atoms with Gasteiger partial charge in [0.05, 0.1) is 11.3 Å². The highest BCUT2D eigenvalue weighted by Crippen LogP contribution is 2.24. The number of nitro benzene ring substituents is 1. The number of carbonyl (C=O) groups is 2. The van der Waals surface area contributed by atoms with E-state index in [2.05, 4.69) is 11.2 Å². The molecular formula is C17H19N3O5. The molecule has 1 aliphatic heterocycles. The van der Waals surface area contributed by atoms with Crippen LogP contribution in [0.3, 0.4) is 0 Å². The van der Waals surface area contributed by atoms with Crippen LogP contribution in [0.25, 0.3) is 0 Å². The summed E-state index contributed by atoms with van der Waals surface area (Å²) in [7, 11) is 0. The summed E-state index contributed by atoms with van der Waals surface area (Å²) in [5.74, 6) is 1.14. The van der Waals surface area contributed by atoms with Crippen LogP contribution in [0.2, 0.25) is 0 Å². The van der Waals surface area contributed by atoms with Crippen molar-refractivity contribution in [3.05, 3.63) is 34.4 Å². The Morgan fingerprint density at radius 3 is 2.68 bits per heavy atom. The molecule has 0 unspecified atom stereocenters. The van der Waals surface area contributed by atoms with Gasteiger partial charge in [-0.1, -0.05) is 18.1 Å². The molecule has 0 radical (unpaired) electrons. The van der Waals surface area contributed by atoms with Gasteiger partial charge in [0.2, 0.25) is 5.91 Å². The molecule has 0 aliphatic carbocycles. The van der Waals surface area contributed by atoms with Gasteiger partial charge in [-0.05, 0) is 32.0 Å². The lowest BCUT2D eigenvalue weighted by atomic mass is 10.1. The Balaban J connectivity index is 2.14. The largest absolute Gasteiger partial charge is 0.452 e. The molecule has 1 heterocycles. The third-order valence-corrected chi connectivity index (χ3v) is 3.92. The number of nitrogens with one attached hydrogen (secondary N) is 1. The summed E-state index contributed by atoms with van der Waals surface area (Å²) in [5.41, 5.74) is -0.107. The van der Waals surface area contributed by atoms with Gasteiger partial charge in [-0.15, -0.1) is 6.42 Å². The van der Waals surface area contributed by atoms with Crippen molar-refractivity contribution in [1.82, 2.24) is 4.90 Å². The minimum Gasteiger partial charge on any atom is -0.452 e. The lowest BCUT2D eigenvalue weighted by Gasteiger charge is -2.25. The first-order valence-electron chi connectivity index (χ1n) is 7.90. The number of esters is 1. The highest BCUT2D eigenvalue weighted by atomic mass is 16.6. The van der Waals surface area contributed by atoms with Crippen LogP contribution in [0.15, 0.2) is 24.3 Å². The number of hydrogen-bond acceptors (Lipinski definition) is 6. The standard InChI is InChI=1S/C17H19N3O5/c1-2-11-25-16(21)12-15(19-9-5-6-10-19)17(22)18-13-7-3-4-8-14(13)20(23)24/h1,3-4,7-8,15H,5-6,9-12H2,(H,18,22)/t15-/m1/s1. The molecule has 2 rings (SSSR count). The van der Waals surface area contributed by atoms with Gasteiger partial charge < -0.3 is 10.1 Å². The Bertz CT molecular complexity index is 692. The van der Waals surface area contributed by atoms with Gasteiger partial charge in [0.25, 0.3) is 5.69 Å². The average molecular weight is 345 g/mol. The molecule has 1 amide bonds.